The molecule has 0 aromatic heterocycles. The van der Waals surface area contributed by atoms with Crippen molar-refractivity contribution < 1.29 is 4.79 Å². The van der Waals surface area contributed by atoms with E-state index < -0.39 is 0 Å². The van der Waals surface area contributed by atoms with Crippen molar-refractivity contribution in [1.82, 2.24) is 9.80 Å². The van der Waals surface area contributed by atoms with E-state index in [0.29, 0.717) is 6.54 Å². The van der Waals surface area contributed by atoms with Crippen LogP contribution in [0.3, 0.4) is 0 Å². The van der Waals surface area contributed by atoms with Gasteiger partial charge in [-0.2, -0.15) is 0 Å². The molecular weight excluding hydrogens is 190 g/mol. The van der Waals surface area contributed by atoms with E-state index in [2.05, 4.69) is 4.90 Å². The van der Waals surface area contributed by atoms with Crippen molar-refractivity contribution in [3.05, 3.63) is 24.0 Å². The van der Waals surface area contributed by atoms with Gasteiger partial charge in [0.05, 0.1) is 0 Å². The second-order valence-corrected chi connectivity index (χ2v) is 3.95. The molecule has 0 unspecified atom stereocenters. The number of rotatable bonds is 1. The van der Waals surface area contributed by atoms with Crippen molar-refractivity contribution in [2.75, 3.05) is 19.6 Å². The van der Waals surface area contributed by atoms with Crippen LogP contribution < -0.4 is 5.73 Å². The molecule has 2 rings (SSSR count). The molecule has 4 nitrogen and oxygen atoms in total. The lowest BCUT2D eigenvalue weighted by Crippen LogP contribution is -2.44. The number of allylic oxidation sites excluding steroid dienone is 2. The maximum Gasteiger partial charge on any atom is 0.320 e. The molecule has 0 saturated carbocycles. The quantitative estimate of drug-likeness (QED) is 0.703. The minimum atomic E-state index is -0.365. The Labute approximate surface area is 90.0 Å². The van der Waals surface area contributed by atoms with Gasteiger partial charge in [-0.1, -0.05) is 12.2 Å². The zero-order valence-electron chi connectivity index (χ0n) is 8.85. The van der Waals surface area contributed by atoms with E-state index in [1.165, 1.54) is 19.3 Å². The van der Waals surface area contributed by atoms with E-state index >= 15 is 0 Å². The lowest BCUT2D eigenvalue weighted by atomic mass is 10.1. The van der Waals surface area contributed by atoms with Gasteiger partial charge in [0.1, 0.15) is 5.82 Å². The molecule has 0 aliphatic carbocycles. The third-order valence-corrected chi connectivity index (χ3v) is 2.89. The highest BCUT2D eigenvalue weighted by molar-refractivity contribution is 5.74. The monoisotopic (exact) mass is 207 g/mol. The van der Waals surface area contributed by atoms with Crippen molar-refractivity contribution >= 4 is 6.03 Å². The van der Waals surface area contributed by atoms with Gasteiger partial charge in [0.2, 0.25) is 0 Å². The second-order valence-electron chi connectivity index (χ2n) is 3.95. The topological polar surface area (TPSA) is 49.6 Å². The van der Waals surface area contributed by atoms with Crippen molar-refractivity contribution in [2.24, 2.45) is 5.73 Å². The lowest BCUT2D eigenvalue weighted by Gasteiger charge is -2.36. The number of hydrogen-bond donors (Lipinski definition) is 1. The maximum atomic E-state index is 11.3. The standard InChI is InChI=1S/C11H17N3O/c12-11(15)14-9-5-2-6-10(14)13-7-3-1-4-8-13/h2,5-6H,1,3-4,7-9H2,(H2,12,15). The van der Waals surface area contributed by atoms with Crippen molar-refractivity contribution in [3.63, 3.8) is 0 Å². The summed E-state index contributed by atoms with van der Waals surface area (Å²) < 4.78 is 0. The molecule has 0 aromatic rings. The number of carbonyl (C=O) groups is 1. The highest BCUT2D eigenvalue weighted by atomic mass is 16.2. The molecule has 1 saturated heterocycles. The van der Waals surface area contributed by atoms with Gasteiger partial charge in [0.25, 0.3) is 0 Å². The first-order valence-electron chi connectivity index (χ1n) is 5.48. The zero-order chi connectivity index (χ0) is 10.7. The Balaban J connectivity index is 2.12. The van der Waals surface area contributed by atoms with Gasteiger partial charge in [-0.25, -0.2) is 4.79 Å². The molecule has 2 aliphatic heterocycles. The summed E-state index contributed by atoms with van der Waals surface area (Å²) in [6, 6.07) is -0.365. The normalized spacial score (nSPS) is 21.5. The Morgan fingerprint density at radius 2 is 2.00 bits per heavy atom. The van der Waals surface area contributed by atoms with Crippen LogP contribution in [0.15, 0.2) is 24.0 Å². The number of amides is 2. The van der Waals surface area contributed by atoms with Gasteiger partial charge in [0.15, 0.2) is 0 Å². The average Bonchev–Trinajstić information content (AvgIpc) is 2.30. The van der Waals surface area contributed by atoms with E-state index in [1.807, 2.05) is 18.2 Å². The number of nitrogens with zero attached hydrogens (tertiary/aromatic N) is 2. The second kappa shape index (κ2) is 4.38. The van der Waals surface area contributed by atoms with Crippen LogP contribution in [0.5, 0.6) is 0 Å². The van der Waals surface area contributed by atoms with Gasteiger partial charge in [-0.15, -0.1) is 0 Å². The molecule has 4 heteroatoms. The maximum absolute atomic E-state index is 11.3. The van der Waals surface area contributed by atoms with Crippen LogP contribution in [-0.2, 0) is 0 Å². The third kappa shape index (κ3) is 2.14. The number of primary amides is 1. The van der Waals surface area contributed by atoms with Crippen molar-refractivity contribution in [1.29, 1.82) is 0 Å². The number of piperidine rings is 1. The fraction of sp³-hybridized carbons (Fsp3) is 0.545. The van der Waals surface area contributed by atoms with Crippen molar-refractivity contribution in [2.45, 2.75) is 19.3 Å². The summed E-state index contributed by atoms with van der Waals surface area (Å²) in [7, 11) is 0. The summed E-state index contributed by atoms with van der Waals surface area (Å²) in [6.45, 7) is 2.66. The highest BCUT2D eigenvalue weighted by Gasteiger charge is 2.22. The molecule has 0 bridgehead atoms. The Hall–Kier alpha value is -1.45. The van der Waals surface area contributed by atoms with Gasteiger partial charge >= 0.3 is 6.03 Å². The van der Waals surface area contributed by atoms with E-state index in [0.717, 1.165) is 18.9 Å². The van der Waals surface area contributed by atoms with E-state index in [-0.39, 0.29) is 6.03 Å². The molecular formula is C11H17N3O. The molecule has 2 aliphatic rings. The van der Waals surface area contributed by atoms with Crippen LogP contribution in [0.25, 0.3) is 0 Å². The molecule has 0 radical (unpaired) electrons. The number of hydrogen-bond acceptors (Lipinski definition) is 2. The first kappa shape index (κ1) is 10.1. The predicted molar refractivity (Wildman–Crippen MR) is 58.9 cm³/mol. The molecule has 1 fully saturated rings. The minimum absolute atomic E-state index is 0.365. The zero-order valence-corrected chi connectivity index (χ0v) is 8.85. The SMILES string of the molecule is NC(=O)N1CC=CC=C1N1CCCCC1. The molecule has 82 valence electrons. The van der Waals surface area contributed by atoms with Crippen LogP contribution in [0.2, 0.25) is 0 Å². The average molecular weight is 207 g/mol. The lowest BCUT2D eigenvalue weighted by molar-refractivity contribution is 0.185. The summed E-state index contributed by atoms with van der Waals surface area (Å²) in [5, 5.41) is 0. The largest absolute Gasteiger partial charge is 0.358 e. The van der Waals surface area contributed by atoms with E-state index in [1.54, 1.807) is 4.90 Å². The summed E-state index contributed by atoms with van der Waals surface area (Å²) in [6.07, 6.45) is 9.60. The minimum Gasteiger partial charge on any atom is -0.358 e. The summed E-state index contributed by atoms with van der Waals surface area (Å²) in [4.78, 5) is 15.1. The Morgan fingerprint density at radius 1 is 1.27 bits per heavy atom. The summed E-state index contributed by atoms with van der Waals surface area (Å²) in [5.74, 6) is 0.963. The smallest absolute Gasteiger partial charge is 0.320 e. The molecule has 0 atom stereocenters. The van der Waals surface area contributed by atoms with Gasteiger partial charge in [0, 0.05) is 19.6 Å². The Morgan fingerprint density at radius 3 is 2.67 bits per heavy atom. The van der Waals surface area contributed by atoms with Gasteiger partial charge < -0.3 is 10.6 Å². The summed E-state index contributed by atoms with van der Waals surface area (Å²) in [5.41, 5.74) is 5.35. The van der Waals surface area contributed by atoms with Gasteiger partial charge in [-0.05, 0) is 25.3 Å². The third-order valence-electron chi connectivity index (χ3n) is 2.89. The Kier molecular flexibility index (Phi) is 2.94. The fourth-order valence-corrected chi connectivity index (χ4v) is 2.11. The van der Waals surface area contributed by atoms with Crippen LogP contribution in [0.4, 0.5) is 4.79 Å². The molecule has 15 heavy (non-hydrogen) atoms. The van der Waals surface area contributed by atoms with E-state index in [9.17, 15) is 4.79 Å². The molecule has 0 aromatic carbocycles. The van der Waals surface area contributed by atoms with E-state index in [4.69, 9.17) is 5.73 Å². The Bertz CT molecular complexity index is 303. The summed E-state index contributed by atoms with van der Waals surface area (Å²) >= 11 is 0. The fourth-order valence-electron chi connectivity index (χ4n) is 2.11. The molecule has 0 spiro atoms. The predicted octanol–water partition coefficient (Wildman–Crippen LogP) is 1.26. The van der Waals surface area contributed by atoms with Crippen LogP contribution in [0.1, 0.15) is 19.3 Å². The number of urea groups is 1. The first-order chi connectivity index (χ1) is 7.29. The molecule has 2 N–H and O–H groups in total. The van der Waals surface area contributed by atoms with Crippen LogP contribution >= 0.6 is 0 Å². The number of carbonyl (C=O) groups excluding carboxylic acids is 1. The number of likely N-dealkylation sites (tertiary alicyclic amines) is 1. The first-order valence-corrected chi connectivity index (χ1v) is 5.48. The van der Waals surface area contributed by atoms with Crippen LogP contribution in [-0.4, -0.2) is 35.5 Å². The highest BCUT2D eigenvalue weighted by Crippen LogP contribution is 2.19. The molecule has 2 amide bonds. The molecule has 2 heterocycles. The van der Waals surface area contributed by atoms with Gasteiger partial charge in [-0.3, -0.25) is 4.90 Å². The van der Waals surface area contributed by atoms with Crippen LogP contribution in [0, 0.1) is 0 Å². The van der Waals surface area contributed by atoms with Crippen molar-refractivity contribution in [3.8, 4) is 0 Å². The number of nitrogens with two attached hydrogens (primary N) is 1.